The molecule has 1 amide bonds. The fourth-order valence-corrected chi connectivity index (χ4v) is 1.28. The van der Waals surface area contributed by atoms with Crippen LogP contribution in [0.1, 0.15) is 12.8 Å². The van der Waals surface area contributed by atoms with Crippen LogP contribution in [0.2, 0.25) is 0 Å². The van der Waals surface area contributed by atoms with Crippen LogP contribution in [0.15, 0.2) is 4.52 Å². The van der Waals surface area contributed by atoms with E-state index in [0.29, 0.717) is 0 Å². The Kier molecular flexibility index (Phi) is 5.89. The third kappa shape index (κ3) is 7.59. The van der Waals surface area contributed by atoms with Crippen molar-refractivity contribution >= 4 is 21.9 Å². The summed E-state index contributed by atoms with van der Waals surface area (Å²) in [6.45, 7) is -0.222. The average molecular weight is 250 g/mol. The molecule has 0 aliphatic carbocycles. The SMILES string of the molecule is [N-]=[N+]=NS(=O)(=O)CCNC(=O)CCC(=O)O. The number of sulfonamides is 1. The summed E-state index contributed by atoms with van der Waals surface area (Å²) >= 11 is 0. The third-order valence-electron chi connectivity index (χ3n) is 1.41. The largest absolute Gasteiger partial charge is 0.481 e. The van der Waals surface area contributed by atoms with Crippen LogP contribution in [0, 0.1) is 0 Å². The molecule has 0 aromatic carbocycles. The lowest BCUT2D eigenvalue weighted by molar-refractivity contribution is -0.138. The van der Waals surface area contributed by atoms with Crippen LogP contribution in [-0.4, -0.2) is 37.7 Å². The second kappa shape index (κ2) is 6.64. The molecule has 0 radical (unpaired) electrons. The zero-order valence-electron chi connectivity index (χ0n) is 8.16. The van der Waals surface area contributed by atoms with Crippen LogP contribution in [0.25, 0.3) is 10.4 Å². The van der Waals surface area contributed by atoms with E-state index < -0.39 is 27.7 Å². The lowest BCUT2D eigenvalue weighted by Crippen LogP contribution is -2.28. The average Bonchev–Trinajstić information content (AvgIpc) is 2.14. The van der Waals surface area contributed by atoms with Gasteiger partial charge < -0.3 is 10.4 Å². The quantitative estimate of drug-likeness (QED) is 0.358. The Morgan fingerprint density at radius 1 is 1.38 bits per heavy atom. The molecule has 9 nitrogen and oxygen atoms in total. The highest BCUT2D eigenvalue weighted by Crippen LogP contribution is 1.92. The number of azide groups is 1. The Hall–Kier alpha value is -1.80. The summed E-state index contributed by atoms with van der Waals surface area (Å²) in [4.78, 5) is 23.1. The fourth-order valence-electron chi connectivity index (χ4n) is 0.725. The maximum atomic E-state index is 10.9. The maximum absolute atomic E-state index is 10.9. The van der Waals surface area contributed by atoms with Crippen molar-refractivity contribution in [2.45, 2.75) is 12.8 Å². The number of hydrogen-bond acceptors (Lipinski definition) is 4. The van der Waals surface area contributed by atoms with E-state index in [9.17, 15) is 18.0 Å². The molecule has 0 rings (SSSR count). The van der Waals surface area contributed by atoms with Crippen LogP contribution in [0.5, 0.6) is 0 Å². The number of nitrogens with zero attached hydrogens (tertiary/aromatic N) is 3. The van der Waals surface area contributed by atoms with Gasteiger partial charge in [0.25, 0.3) is 0 Å². The van der Waals surface area contributed by atoms with Gasteiger partial charge in [-0.05, 0) is 5.53 Å². The van der Waals surface area contributed by atoms with E-state index in [1.807, 2.05) is 0 Å². The first-order chi connectivity index (χ1) is 7.37. The summed E-state index contributed by atoms with van der Waals surface area (Å²) in [5, 5.41) is 10.4. The molecule has 0 aliphatic rings. The minimum absolute atomic E-state index is 0.222. The summed E-state index contributed by atoms with van der Waals surface area (Å²) in [6.07, 6.45) is -0.550. The van der Waals surface area contributed by atoms with E-state index in [0.717, 1.165) is 0 Å². The molecule has 10 heteroatoms. The number of carboxylic acid groups (broad SMARTS) is 1. The molecule has 0 saturated heterocycles. The minimum Gasteiger partial charge on any atom is -0.481 e. The Balaban J connectivity index is 3.87. The van der Waals surface area contributed by atoms with Crippen LogP contribution in [0.3, 0.4) is 0 Å². The zero-order valence-corrected chi connectivity index (χ0v) is 8.98. The summed E-state index contributed by atoms with van der Waals surface area (Å²) in [5.41, 5.74) is 7.88. The summed E-state index contributed by atoms with van der Waals surface area (Å²) < 4.78 is 24.2. The molecule has 0 saturated carbocycles. The van der Waals surface area contributed by atoms with Crippen LogP contribution in [-0.2, 0) is 19.6 Å². The molecule has 0 unspecified atom stereocenters. The number of aliphatic carboxylic acids is 1. The first-order valence-corrected chi connectivity index (χ1v) is 5.76. The lowest BCUT2D eigenvalue weighted by atomic mass is 10.3. The highest BCUT2D eigenvalue weighted by Gasteiger charge is 2.09. The van der Waals surface area contributed by atoms with Gasteiger partial charge in [-0.3, -0.25) is 9.59 Å². The van der Waals surface area contributed by atoms with Gasteiger partial charge in [-0.2, -0.15) is 0 Å². The number of carbonyl (C=O) groups is 2. The predicted molar refractivity (Wildman–Crippen MR) is 52.8 cm³/mol. The van der Waals surface area contributed by atoms with Crippen LogP contribution < -0.4 is 5.32 Å². The number of amides is 1. The maximum Gasteiger partial charge on any atom is 0.303 e. The zero-order chi connectivity index (χ0) is 12.6. The van der Waals surface area contributed by atoms with E-state index in [2.05, 4.69) is 14.7 Å². The topological polar surface area (TPSA) is 149 Å². The highest BCUT2D eigenvalue weighted by molar-refractivity contribution is 7.90. The molecule has 0 fully saturated rings. The molecule has 0 heterocycles. The first kappa shape index (κ1) is 14.2. The molecule has 0 bridgehead atoms. The van der Waals surface area contributed by atoms with Gasteiger partial charge in [0.15, 0.2) is 0 Å². The number of rotatable bonds is 7. The van der Waals surface area contributed by atoms with E-state index in [1.165, 1.54) is 0 Å². The van der Waals surface area contributed by atoms with Gasteiger partial charge in [0.2, 0.25) is 15.9 Å². The monoisotopic (exact) mass is 250 g/mol. The van der Waals surface area contributed by atoms with Crippen molar-refractivity contribution in [2.24, 2.45) is 4.52 Å². The van der Waals surface area contributed by atoms with Gasteiger partial charge in [0.05, 0.1) is 12.2 Å². The fraction of sp³-hybridized carbons (Fsp3) is 0.667. The van der Waals surface area contributed by atoms with E-state index in [1.54, 1.807) is 0 Å². The number of carbonyl (C=O) groups excluding carboxylic acids is 1. The minimum atomic E-state index is -3.88. The standard InChI is InChI=1S/C6H10N4O5S/c7-9-10-16(14,15)4-3-8-5(11)1-2-6(12)13/h1-4H2,(H,8,11)(H,12,13). The summed E-state index contributed by atoms with van der Waals surface area (Å²) in [6, 6.07) is 0. The Morgan fingerprint density at radius 3 is 2.50 bits per heavy atom. The number of hydrogen-bond donors (Lipinski definition) is 2. The highest BCUT2D eigenvalue weighted by atomic mass is 32.2. The van der Waals surface area contributed by atoms with Gasteiger partial charge in [0.1, 0.15) is 0 Å². The summed E-state index contributed by atoms with van der Waals surface area (Å²) in [7, 11) is -3.88. The molecular formula is C6H10N4O5S. The Labute approximate surface area is 91.1 Å². The summed E-state index contributed by atoms with van der Waals surface area (Å²) in [5.74, 6) is -2.20. The van der Waals surface area contributed by atoms with Crippen molar-refractivity contribution in [2.75, 3.05) is 12.3 Å². The van der Waals surface area contributed by atoms with Crippen molar-refractivity contribution < 1.29 is 23.1 Å². The van der Waals surface area contributed by atoms with E-state index in [-0.39, 0.29) is 19.4 Å². The third-order valence-corrected chi connectivity index (χ3v) is 2.45. The molecular weight excluding hydrogens is 240 g/mol. The molecule has 0 atom stereocenters. The number of nitrogens with one attached hydrogen (secondary N) is 1. The molecule has 0 aromatic heterocycles. The molecule has 2 N–H and O–H groups in total. The van der Waals surface area contributed by atoms with E-state index >= 15 is 0 Å². The van der Waals surface area contributed by atoms with Gasteiger partial charge in [-0.1, -0.05) is 0 Å². The van der Waals surface area contributed by atoms with Crippen LogP contribution >= 0.6 is 0 Å². The van der Waals surface area contributed by atoms with Crippen LogP contribution in [0.4, 0.5) is 0 Å². The first-order valence-electron chi connectivity index (χ1n) is 4.15. The van der Waals surface area contributed by atoms with Crippen molar-refractivity contribution in [1.82, 2.24) is 5.32 Å². The molecule has 16 heavy (non-hydrogen) atoms. The van der Waals surface area contributed by atoms with Gasteiger partial charge in [0, 0.05) is 22.4 Å². The second-order valence-electron chi connectivity index (χ2n) is 2.70. The predicted octanol–water partition coefficient (Wildman–Crippen LogP) is -0.393. The Morgan fingerprint density at radius 2 is 2.00 bits per heavy atom. The van der Waals surface area contributed by atoms with Crippen molar-refractivity contribution in [3.63, 3.8) is 0 Å². The van der Waals surface area contributed by atoms with Gasteiger partial charge >= 0.3 is 5.97 Å². The van der Waals surface area contributed by atoms with E-state index in [4.69, 9.17) is 10.6 Å². The normalized spacial score (nSPS) is 10.2. The molecule has 90 valence electrons. The van der Waals surface area contributed by atoms with Crippen molar-refractivity contribution in [3.05, 3.63) is 10.4 Å². The van der Waals surface area contributed by atoms with Gasteiger partial charge in [-0.25, -0.2) is 8.42 Å². The molecule has 0 spiro atoms. The smallest absolute Gasteiger partial charge is 0.303 e. The molecule has 0 aromatic rings. The Bertz CT molecular complexity index is 411. The molecule has 0 aliphatic heterocycles. The van der Waals surface area contributed by atoms with Gasteiger partial charge in [-0.15, -0.1) is 0 Å². The van der Waals surface area contributed by atoms with Crippen molar-refractivity contribution in [3.8, 4) is 0 Å². The van der Waals surface area contributed by atoms with Crippen molar-refractivity contribution in [1.29, 1.82) is 0 Å². The number of carboxylic acids is 1. The lowest BCUT2D eigenvalue weighted by Gasteiger charge is -2.02. The second-order valence-corrected chi connectivity index (χ2v) is 4.44.